The highest BCUT2D eigenvalue weighted by molar-refractivity contribution is 6.08. The van der Waals surface area contributed by atoms with Crippen molar-refractivity contribution in [1.29, 1.82) is 0 Å². The lowest BCUT2D eigenvalue weighted by molar-refractivity contribution is -0.127. The second-order valence-electron chi connectivity index (χ2n) is 6.51. The van der Waals surface area contributed by atoms with E-state index in [1.807, 2.05) is 31.2 Å². The number of carbonyl (C=O) groups excluding carboxylic acids is 2. The van der Waals surface area contributed by atoms with Gasteiger partial charge in [0, 0.05) is 18.7 Å². The van der Waals surface area contributed by atoms with Crippen LogP contribution in [-0.4, -0.2) is 44.1 Å². The van der Waals surface area contributed by atoms with Crippen molar-refractivity contribution in [1.82, 2.24) is 4.90 Å². The van der Waals surface area contributed by atoms with Crippen LogP contribution in [0, 0.1) is 6.92 Å². The Morgan fingerprint density at radius 1 is 1.11 bits per heavy atom. The number of hydrogen-bond acceptors (Lipinski definition) is 4. The zero-order valence-electron chi connectivity index (χ0n) is 15.9. The van der Waals surface area contributed by atoms with Crippen LogP contribution in [0.5, 0.6) is 11.5 Å². The number of methoxy groups -OCH3 is 2. The first-order valence-corrected chi connectivity index (χ1v) is 8.92. The predicted molar refractivity (Wildman–Crippen MR) is 103 cm³/mol. The van der Waals surface area contributed by atoms with Crippen LogP contribution >= 0.6 is 0 Å². The standard InChI is InChI=1S/C21H24N2O4/c1-15-9-11-16(12-10-15)23(14-22-13-5-8-19(22)24)21(25)17-6-4-7-18(26-2)20(17)27-3/h4,6-7,9-12H,5,8,13-14H2,1-3H3. The number of carbonyl (C=O) groups is 2. The molecule has 6 nitrogen and oxygen atoms in total. The molecule has 2 aromatic carbocycles. The first-order valence-electron chi connectivity index (χ1n) is 8.92. The van der Waals surface area contributed by atoms with E-state index in [1.165, 1.54) is 14.2 Å². The van der Waals surface area contributed by atoms with E-state index in [1.54, 1.807) is 28.0 Å². The van der Waals surface area contributed by atoms with Gasteiger partial charge in [0.2, 0.25) is 5.91 Å². The summed E-state index contributed by atoms with van der Waals surface area (Å²) in [4.78, 5) is 28.9. The molecule has 142 valence electrons. The van der Waals surface area contributed by atoms with Gasteiger partial charge in [-0.3, -0.25) is 14.5 Å². The Morgan fingerprint density at radius 3 is 2.44 bits per heavy atom. The van der Waals surface area contributed by atoms with Crippen LogP contribution < -0.4 is 14.4 Å². The van der Waals surface area contributed by atoms with Crippen molar-refractivity contribution in [3.05, 3.63) is 53.6 Å². The lowest BCUT2D eigenvalue weighted by Crippen LogP contribution is -2.42. The molecule has 1 saturated heterocycles. The maximum atomic E-state index is 13.4. The summed E-state index contributed by atoms with van der Waals surface area (Å²) in [6.07, 6.45) is 1.34. The van der Waals surface area contributed by atoms with Crippen molar-refractivity contribution >= 4 is 17.5 Å². The molecule has 27 heavy (non-hydrogen) atoms. The highest BCUT2D eigenvalue weighted by Gasteiger charge is 2.28. The number of likely N-dealkylation sites (tertiary alicyclic amines) is 1. The number of anilines is 1. The van der Waals surface area contributed by atoms with E-state index >= 15 is 0 Å². The highest BCUT2D eigenvalue weighted by Crippen LogP contribution is 2.32. The second-order valence-corrected chi connectivity index (χ2v) is 6.51. The van der Waals surface area contributed by atoms with Gasteiger partial charge in [0.05, 0.1) is 19.8 Å². The minimum atomic E-state index is -0.241. The Bertz CT molecular complexity index is 833. The van der Waals surface area contributed by atoms with E-state index in [2.05, 4.69) is 0 Å². The third-order valence-electron chi connectivity index (χ3n) is 4.71. The van der Waals surface area contributed by atoms with Crippen molar-refractivity contribution in [2.24, 2.45) is 0 Å². The smallest absolute Gasteiger partial charge is 0.263 e. The van der Waals surface area contributed by atoms with Crippen LogP contribution in [0.4, 0.5) is 5.69 Å². The third-order valence-corrected chi connectivity index (χ3v) is 4.71. The summed E-state index contributed by atoms with van der Waals surface area (Å²) < 4.78 is 10.8. The number of hydrogen-bond donors (Lipinski definition) is 0. The van der Waals surface area contributed by atoms with Gasteiger partial charge in [-0.25, -0.2) is 0 Å². The summed E-state index contributed by atoms with van der Waals surface area (Å²) in [6, 6.07) is 12.9. The molecule has 3 rings (SSSR count). The van der Waals surface area contributed by atoms with Gasteiger partial charge in [0.25, 0.3) is 5.91 Å². The minimum Gasteiger partial charge on any atom is -0.493 e. The normalized spacial score (nSPS) is 13.6. The molecule has 1 aliphatic rings. The molecule has 0 unspecified atom stereocenters. The first-order chi connectivity index (χ1) is 13.0. The largest absolute Gasteiger partial charge is 0.493 e. The maximum absolute atomic E-state index is 13.4. The van der Waals surface area contributed by atoms with Gasteiger partial charge in [0.1, 0.15) is 6.67 Å². The van der Waals surface area contributed by atoms with Crippen LogP contribution in [0.2, 0.25) is 0 Å². The Kier molecular flexibility index (Phi) is 5.64. The molecule has 0 atom stereocenters. The average Bonchev–Trinajstić information content (AvgIpc) is 3.10. The van der Waals surface area contributed by atoms with Gasteiger partial charge >= 0.3 is 0 Å². The topological polar surface area (TPSA) is 59.1 Å². The Morgan fingerprint density at radius 2 is 1.85 bits per heavy atom. The van der Waals surface area contributed by atoms with E-state index in [4.69, 9.17) is 9.47 Å². The summed E-state index contributed by atoms with van der Waals surface area (Å²) in [5.74, 6) is 0.700. The van der Waals surface area contributed by atoms with Gasteiger partial charge in [-0.1, -0.05) is 23.8 Å². The average molecular weight is 368 g/mol. The molecule has 6 heteroatoms. The summed E-state index contributed by atoms with van der Waals surface area (Å²) in [5, 5.41) is 0. The highest BCUT2D eigenvalue weighted by atomic mass is 16.5. The number of para-hydroxylation sites is 1. The van der Waals surface area contributed by atoms with E-state index in [9.17, 15) is 9.59 Å². The third kappa shape index (κ3) is 3.89. The molecule has 1 heterocycles. The molecular weight excluding hydrogens is 344 g/mol. The zero-order valence-corrected chi connectivity index (χ0v) is 15.9. The Labute approximate surface area is 159 Å². The molecule has 0 bridgehead atoms. The lowest BCUT2D eigenvalue weighted by atomic mass is 10.1. The molecule has 1 aliphatic heterocycles. The van der Waals surface area contributed by atoms with Gasteiger partial charge in [-0.15, -0.1) is 0 Å². The Balaban J connectivity index is 2.00. The van der Waals surface area contributed by atoms with Gasteiger partial charge in [0.15, 0.2) is 11.5 Å². The molecule has 1 fully saturated rings. The van der Waals surface area contributed by atoms with E-state index in [0.29, 0.717) is 30.0 Å². The van der Waals surface area contributed by atoms with Crippen LogP contribution in [-0.2, 0) is 4.79 Å². The summed E-state index contributed by atoms with van der Waals surface area (Å²) in [7, 11) is 3.04. The fourth-order valence-electron chi connectivity index (χ4n) is 3.21. The zero-order chi connectivity index (χ0) is 19.4. The molecule has 2 aromatic rings. The first kappa shape index (κ1) is 18.8. The lowest BCUT2D eigenvalue weighted by Gasteiger charge is -2.29. The van der Waals surface area contributed by atoms with Crippen LogP contribution in [0.1, 0.15) is 28.8 Å². The number of nitrogens with zero attached hydrogens (tertiary/aromatic N) is 2. The predicted octanol–water partition coefficient (Wildman–Crippen LogP) is 3.24. The van der Waals surface area contributed by atoms with Crippen LogP contribution in [0.15, 0.2) is 42.5 Å². The summed E-state index contributed by atoms with van der Waals surface area (Å²) >= 11 is 0. The van der Waals surface area contributed by atoms with Crippen LogP contribution in [0.25, 0.3) is 0 Å². The van der Waals surface area contributed by atoms with Crippen molar-refractivity contribution in [2.45, 2.75) is 19.8 Å². The summed E-state index contributed by atoms with van der Waals surface area (Å²) in [6.45, 7) is 2.86. The van der Waals surface area contributed by atoms with Crippen molar-refractivity contribution in [3.63, 3.8) is 0 Å². The molecule has 0 aromatic heterocycles. The molecular formula is C21H24N2O4. The number of benzene rings is 2. The van der Waals surface area contributed by atoms with Crippen LogP contribution in [0.3, 0.4) is 0 Å². The molecule has 0 radical (unpaired) electrons. The van der Waals surface area contributed by atoms with Crippen molar-refractivity contribution in [2.75, 3.05) is 32.3 Å². The SMILES string of the molecule is COc1cccc(C(=O)N(CN2CCCC2=O)c2ccc(C)cc2)c1OC. The van der Waals surface area contributed by atoms with Gasteiger partial charge in [-0.2, -0.15) is 0 Å². The molecule has 2 amide bonds. The number of amides is 2. The monoisotopic (exact) mass is 368 g/mol. The Hall–Kier alpha value is -3.02. The number of ether oxygens (including phenoxy) is 2. The molecule has 0 spiro atoms. The second kappa shape index (κ2) is 8.12. The number of rotatable bonds is 6. The molecule has 0 N–H and O–H groups in total. The number of aryl methyl sites for hydroxylation is 1. The summed E-state index contributed by atoms with van der Waals surface area (Å²) in [5.41, 5.74) is 2.22. The molecule has 0 aliphatic carbocycles. The quantitative estimate of drug-likeness (QED) is 0.785. The van der Waals surface area contributed by atoms with E-state index in [0.717, 1.165) is 17.7 Å². The maximum Gasteiger partial charge on any atom is 0.263 e. The fraction of sp³-hybridized carbons (Fsp3) is 0.333. The van der Waals surface area contributed by atoms with Crippen molar-refractivity contribution < 1.29 is 19.1 Å². The van der Waals surface area contributed by atoms with E-state index in [-0.39, 0.29) is 18.5 Å². The van der Waals surface area contributed by atoms with E-state index < -0.39 is 0 Å². The van der Waals surface area contributed by atoms with Gasteiger partial charge in [-0.05, 0) is 37.6 Å². The van der Waals surface area contributed by atoms with Crippen molar-refractivity contribution in [3.8, 4) is 11.5 Å². The molecule has 0 saturated carbocycles. The van der Waals surface area contributed by atoms with Gasteiger partial charge < -0.3 is 14.4 Å². The fourth-order valence-corrected chi connectivity index (χ4v) is 3.21. The minimum absolute atomic E-state index is 0.0671.